The van der Waals surface area contributed by atoms with Gasteiger partial charge in [-0.05, 0) is 43.9 Å². The van der Waals surface area contributed by atoms with Gasteiger partial charge in [0.25, 0.3) is 0 Å². The van der Waals surface area contributed by atoms with E-state index in [9.17, 15) is 13.2 Å². The van der Waals surface area contributed by atoms with Crippen molar-refractivity contribution >= 4 is 27.6 Å². The lowest BCUT2D eigenvalue weighted by molar-refractivity contribution is -0.157. The Kier molecular flexibility index (Phi) is 6.65. The van der Waals surface area contributed by atoms with Gasteiger partial charge in [0.15, 0.2) is 0 Å². The number of benzene rings is 1. The van der Waals surface area contributed by atoms with Crippen molar-refractivity contribution in [3.05, 3.63) is 47.5 Å². The summed E-state index contributed by atoms with van der Waals surface area (Å²) >= 11 is 6.06. The Morgan fingerprint density at radius 1 is 1.48 bits per heavy atom. The number of esters is 1. The fourth-order valence-electron chi connectivity index (χ4n) is 3.29. The van der Waals surface area contributed by atoms with Crippen molar-refractivity contribution in [1.29, 1.82) is 0 Å². The molecule has 1 aromatic rings. The van der Waals surface area contributed by atoms with E-state index in [2.05, 4.69) is 6.58 Å². The minimum absolute atomic E-state index is 0.120. The number of hydrogen-bond donors (Lipinski definition) is 0. The minimum atomic E-state index is -3.47. The van der Waals surface area contributed by atoms with Gasteiger partial charge in [-0.15, -0.1) is 6.58 Å². The average Bonchev–Trinajstić information content (AvgIpc) is 2.55. The molecule has 0 aliphatic carbocycles. The second-order valence-electron chi connectivity index (χ2n) is 6.31. The molecule has 1 aliphatic heterocycles. The van der Waals surface area contributed by atoms with Gasteiger partial charge >= 0.3 is 5.97 Å². The number of piperidine rings is 1. The van der Waals surface area contributed by atoms with Crippen LogP contribution in [0.15, 0.2) is 36.9 Å². The van der Waals surface area contributed by atoms with E-state index in [0.29, 0.717) is 30.8 Å². The van der Waals surface area contributed by atoms with Crippen LogP contribution in [-0.2, 0) is 26.0 Å². The zero-order valence-electron chi connectivity index (χ0n) is 14.4. The minimum Gasteiger partial charge on any atom is -0.466 e. The van der Waals surface area contributed by atoms with E-state index < -0.39 is 15.4 Å². The first kappa shape index (κ1) is 19.9. The number of hydrogen-bond acceptors (Lipinski definition) is 4. The molecule has 1 atom stereocenters. The summed E-state index contributed by atoms with van der Waals surface area (Å²) in [5.41, 5.74) is -0.00350. The fourth-order valence-corrected chi connectivity index (χ4v) is 4.86. The summed E-state index contributed by atoms with van der Waals surface area (Å²) in [5.74, 6) is -0.489. The summed E-state index contributed by atoms with van der Waals surface area (Å²) in [4.78, 5) is 12.7. The molecule has 1 saturated heterocycles. The van der Waals surface area contributed by atoms with Crippen LogP contribution in [0, 0.1) is 5.41 Å². The zero-order chi connectivity index (χ0) is 18.5. The highest BCUT2D eigenvalue weighted by atomic mass is 35.5. The highest BCUT2D eigenvalue weighted by molar-refractivity contribution is 7.89. The summed E-state index contributed by atoms with van der Waals surface area (Å²) in [7, 11) is -3.47. The van der Waals surface area contributed by atoms with E-state index in [-0.39, 0.29) is 24.9 Å². The van der Waals surface area contributed by atoms with E-state index in [0.717, 1.165) is 5.56 Å². The van der Waals surface area contributed by atoms with Crippen molar-refractivity contribution in [2.75, 3.05) is 25.4 Å². The number of ether oxygens (including phenoxy) is 1. The Morgan fingerprint density at radius 3 is 2.88 bits per heavy atom. The molecule has 0 aromatic heterocycles. The predicted octanol–water partition coefficient (Wildman–Crippen LogP) is 3.04. The zero-order valence-corrected chi connectivity index (χ0v) is 16.0. The van der Waals surface area contributed by atoms with Gasteiger partial charge in [-0.1, -0.05) is 29.8 Å². The molecule has 5 nitrogen and oxygen atoms in total. The fraction of sp³-hybridized carbons (Fsp3) is 0.500. The molecule has 7 heteroatoms. The van der Waals surface area contributed by atoms with E-state index in [1.54, 1.807) is 19.1 Å². The van der Waals surface area contributed by atoms with Crippen molar-refractivity contribution in [3.63, 3.8) is 0 Å². The van der Waals surface area contributed by atoms with E-state index in [1.165, 1.54) is 10.4 Å². The smallest absolute Gasteiger partial charge is 0.313 e. The molecular weight excluding hydrogens is 362 g/mol. The molecule has 0 N–H and O–H groups in total. The van der Waals surface area contributed by atoms with Crippen molar-refractivity contribution in [3.8, 4) is 0 Å². The van der Waals surface area contributed by atoms with Crippen LogP contribution in [0.25, 0.3) is 0 Å². The molecule has 1 heterocycles. The summed E-state index contributed by atoms with van der Waals surface area (Å²) < 4.78 is 31.6. The third-order valence-electron chi connectivity index (χ3n) is 4.40. The maximum Gasteiger partial charge on any atom is 0.313 e. The van der Waals surface area contributed by atoms with Crippen LogP contribution >= 0.6 is 11.6 Å². The Morgan fingerprint density at radius 2 is 2.24 bits per heavy atom. The number of carbonyl (C=O) groups excluding carboxylic acids is 1. The maximum absolute atomic E-state index is 12.7. The van der Waals surface area contributed by atoms with Gasteiger partial charge < -0.3 is 4.74 Å². The SMILES string of the molecule is C=CCS(=O)(=O)N1CCC[C@@](Cc2cccc(Cl)c2)(C(=O)OCC)C1. The molecular formula is C18H24ClNO4S. The summed E-state index contributed by atoms with van der Waals surface area (Å²) in [6.07, 6.45) is 2.95. The molecule has 0 saturated carbocycles. The number of rotatable bonds is 7. The van der Waals surface area contributed by atoms with E-state index >= 15 is 0 Å². The molecule has 0 bridgehead atoms. The highest BCUT2D eigenvalue weighted by Crippen LogP contribution is 2.36. The Balaban J connectivity index is 2.34. The highest BCUT2D eigenvalue weighted by Gasteiger charge is 2.46. The van der Waals surface area contributed by atoms with Gasteiger partial charge in [0.05, 0.1) is 17.8 Å². The average molecular weight is 386 g/mol. The summed E-state index contributed by atoms with van der Waals surface area (Å²) in [6.45, 7) is 6.05. The summed E-state index contributed by atoms with van der Waals surface area (Å²) in [6, 6.07) is 7.29. The third-order valence-corrected chi connectivity index (χ3v) is 6.39. The molecule has 25 heavy (non-hydrogen) atoms. The lowest BCUT2D eigenvalue weighted by Gasteiger charge is -2.40. The monoisotopic (exact) mass is 385 g/mol. The van der Waals surface area contributed by atoms with Crippen molar-refractivity contribution in [2.45, 2.75) is 26.2 Å². The van der Waals surface area contributed by atoms with Crippen LogP contribution < -0.4 is 0 Å². The van der Waals surface area contributed by atoms with Gasteiger partial charge in [-0.25, -0.2) is 12.7 Å². The lowest BCUT2D eigenvalue weighted by atomic mass is 9.75. The molecule has 0 spiro atoms. The third kappa shape index (κ3) is 4.84. The van der Waals surface area contributed by atoms with Gasteiger partial charge in [0.2, 0.25) is 10.0 Å². The van der Waals surface area contributed by atoms with Crippen LogP contribution in [0.1, 0.15) is 25.3 Å². The molecule has 1 aliphatic rings. The predicted molar refractivity (Wildman–Crippen MR) is 99.0 cm³/mol. The maximum atomic E-state index is 12.7. The van der Waals surface area contributed by atoms with Crippen molar-refractivity contribution in [1.82, 2.24) is 4.31 Å². The van der Waals surface area contributed by atoms with E-state index in [1.807, 2.05) is 12.1 Å². The normalized spacial score (nSPS) is 21.7. The first-order chi connectivity index (χ1) is 11.8. The Labute approximate surface area is 154 Å². The molecule has 0 unspecified atom stereocenters. The number of halogens is 1. The summed E-state index contributed by atoms with van der Waals surface area (Å²) in [5, 5.41) is 0.587. The van der Waals surface area contributed by atoms with Crippen molar-refractivity contribution < 1.29 is 17.9 Å². The second kappa shape index (κ2) is 8.34. The van der Waals surface area contributed by atoms with Crippen LogP contribution in [0.3, 0.4) is 0 Å². The molecule has 0 amide bonds. The molecule has 138 valence electrons. The number of sulfonamides is 1. The topological polar surface area (TPSA) is 63.7 Å². The van der Waals surface area contributed by atoms with E-state index in [4.69, 9.17) is 16.3 Å². The standard InChI is InChI=1S/C18H24ClNO4S/c1-3-11-25(22,23)20-10-6-9-18(14-20,17(21)24-4-2)13-15-7-5-8-16(19)12-15/h3,5,7-8,12H,1,4,6,9-11,13-14H2,2H3/t18-/m0/s1. The first-order valence-electron chi connectivity index (χ1n) is 8.33. The van der Waals surface area contributed by atoms with Gasteiger partial charge in [-0.2, -0.15) is 0 Å². The Bertz CT molecular complexity index is 734. The van der Waals surface area contributed by atoms with Crippen LogP contribution in [-0.4, -0.2) is 44.1 Å². The van der Waals surface area contributed by atoms with Gasteiger partial charge in [0.1, 0.15) is 0 Å². The molecule has 1 aromatic carbocycles. The Hall–Kier alpha value is -1.37. The quantitative estimate of drug-likeness (QED) is 0.534. The number of carbonyl (C=O) groups is 1. The number of nitrogens with zero attached hydrogens (tertiary/aromatic N) is 1. The lowest BCUT2D eigenvalue weighted by Crippen LogP contribution is -2.52. The molecule has 0 radical (unpaired) electrons. The van der Waals surface area contributed by atoms with Gasteiger partial charge in [-0.3, -0.25) is 4.79 Å². The largest absolute Gasteiger partial charge is 0.466 e. The van der Waals surface area contributed by atoms with Crippen LogP contribution in [0.2, 0.25) is 5.02 Å². The van der Waals surface area contributed by atoms with Crippen molar-refractivity contribution in [2.24, 2.45) is 5.41 Å². The van der Waals surface area contributed by atoms with Gasteiger partial charge in [0, 0.05) is 18.1 Å². The first-order valence-corrected chi connectivity index (χ1v) is 10.3. The van der Waals surface area contributed by atoms with Crippen LogP contribution in [0.5, 0.6) is 0 Å². The molecule has 1 fully saturated rings. The van der Waals surface area contributed by atoms with Crippen LogP contribution in [0.4, 0.5) is 0 Å². The molecule has 2 rings (SSSR count). The second-order valence-corrected chi connectivity index (χ2v) is 8.76.